The molecule has 64 heavy (non-hydrogen) atoms. The molecule has 1 aromatic heterocycles. The fourth-order valence-electron chi connectivity index (χ4n) is 8.10. The van der Waals surface area contributed by atoms with Gasteiger partial charge in [-0.1, -0.05) is 170 Å². The lowest BCUT2D eigenvalue weighted by Gasteiger charge is -2.11. The third-order valence-electron chi connectivity index (χ3n) is 11.7. The Kier molecular flexibility index (Phi) is 10.8. The van der Waals surface area contributed by atoms with Crippen LogP contribution in [-0.4, -0.2) is 26.5 Å². The minimum atomic E-state index is -0.314. The highest BCUT2D eigenvalue weighted by atomic mass is 19.1. The van der Waals surface area contributed by atoms with E-state index in [-0.39, 0.29) is 5.82 Å². The third kappa shape index (κ3) is 8.37. The highest BCUT2D eigenvalue weighted by molar-refractivity contribution is 6.12. The van der Waals surface area contributed by atoms with Crippen molar-refractivity contribution in [2.45, 2.75) is 20.3 Å². The van der Waals surface area contributed by atoms with Crippen LogP contribution in [0, 0.1) is 12.7 Å². The van der Waals surface area contributed by atoms with Crippen molar-refractivity contribution in [3.05, 3.63) is 240 Å². The van der Waals surface area contributed by atoms with Gasteiger partial charge >= 0.3 is 0 Å². The van der Waals surface area contributed by atoms with Crippen molar-refractivity contribution in [3.63, 3.8) is 0 Å². The molecule has 0 aliphatic heterocycles. The van der Waals surface area contributed by atoms with Crippen LogP contribution in [0.5, 0.6) is 0 Å². The first kappa shape index (κ1) is 39.9. The highest BCUT2D eigenvalue weighted by Gasteiger charge is 2.20. The fourth-order valence-corrected chi connectivity index (χ4v) is 8.10. The van der Waals surface area contributed by atoms with Gasteiger partial charge in [0.1, 0.15) is 5.82 Å². The minimum Gasteiger partial charge on any atom is -0.233 e. The summed E-state index contributed by atoms with van der Waals surface area (Å²) in [6, 6.07) is 64.9. The average molecular weight is 828 g/mol. The summed E-state index contributed by atoms with van der Waals surface area (Å²) in [5, 5.41) is 0. The Balaban J connectivity index is 0.910. The van der Waals surface area contributed by atoms with Crippen LogP contribution < -0.4 is 0 Å². The van der Waals surface area contributed by atoms with E-state index in [0.29, 0.717) is 34.6 Å². The molecule has 0 radical (unpaired) electrons. The van der Waals surface area contributed by atoms with Gasteiger partial charge in [-0.15, -0.1) is 0 Å². The van der Waals surface area contributed by atoms with E-state index in [0.717, 1.165) is 62.2 Å². The van der Waals surface area contributed by atoms with Crippen molar-refractivity contribution in [2.75, 3.05) is 0 Å². The van der Waals surface area contributed by atoms with Gasteiger partial charge in [-0.05, 0) is 112 Å². The van der Waals surface area contributed by atoms with Crippen molar-refractivity contribution in [3.8, 4) is 67.5 Å². The van der Waals surface area contributed by atoms with Crippen molar-refractivity contribution in [2.24, 2.45) is 9.98 Å². The maximum atomic E-state index is 13.9. The number of hydrogen-bond acceptors (Lipinski definition) is 4. The van der Waals surface area contributed by atoms with E-state index < -0.39 is 0 Å². The number of nitrogens with zero attached hydrogens (tertiary/aromatic N) is 5. The second-order valence-electron chi connectivity index (χ2n) is 16.1. The second kappa shape index (κ2) is 17.3. The SMILES string of the molecule is C=C(N=C(N=C(C)c1ccc(-c2ccc3c(c2)-c2cc(-c4ccc(-c5nc(-c6ccccc6)nc(-c6ccc(C)cc6)n5)cc4)ccc2C3)cc1)c1ccc(F)cc1)c1ccccc1. The Morgan fingerprint density at radius 1 is 0.453 bits per heavy atom. The molecule has 0 spiro atoms. The molecular formula is C58H42FN5. The lowest BCUT2D eigenvalue weighted by Crippen LogP contribution is -2.04. The predicted molar refractivity (Wildman–Crippen MR) is 261 cm³/mol. The van der Waals surface area contributed by atoms with Crippen LogP contribution in [0.2, 0.25) is 0 Å². The Labute approximate surface area is 372 Å². The van der Waals surface area contributed by atoms with Crippen molar-refractivity contribution < 1.29 is 4.39 Å². The summed E-state index contributed by atoms with van der Waals surface area (Å²) in [6.45, 7) is 8.23. The number of aromatic nitrogens is 3. The molecule has 0 saturated carbocycles. The first-order chi connectivity index (χ1) is 31.3. The van der Waals surface area contributed by atoms with Crippen molar-refractivity contribution in [1.29, 1.82) is 0 Å². The van der Waals surface area contributed by atoms with Gasteiger partial charge in [0.2, 0.25) is 0 Å². The molecule has 8 aromatic carbocycles. The smallest absolute Gasteiger partial charge is 0.164 e. The molecule has 10 rings (SSSR count). The zero-order valence-electron chi connectivity index (χ0n) is 35.5. The molecule has 1 aliphatic carbocycles. The van der Waals surface area contributed by atoms with Gasteiger partial charge in [0.15, 0.2) is 23.3 Å². The van der Waals surface area contributed by atoms with Gasteiger partial charge in [-0.25, -0.2) is 29.3 Å². The maximum Gasteiger partial charge on any atom is 0.164 e. The highest BCUT2D eigenvalue weighted by Crippen LogP contribution is 2.41. The van der Waals surface area contributed by atoms with Gasteiger partial charge in [-0.3, -0.25) is 0 Å². The molecule has 0 unspecified atom stereocenters. The zero-order valence-corrected chi connectivity index (χ0v) is 35.5. The molecule has 0 saturated heterocycles. The van der Waals surface area contributed by atoms with Crippen LogP contribution in [-0.2, 0) is 6.42 Å². The van der Waals surface area contributed by atoms with Gasteiger partial charge in [0, 0.05) is 28.0 Å². The first-order valence-electron chi connectivity index (χ1n) is 21.3. The summed E-state index contributed by atoms with van der Waals surface area (Å²) in [6.07, 6.45) is 0.903. The Morgan fingerprint density at radius 3 is 1.44 bits per heavy atom. The normalized spacial score (nSPS) is 12.2. The summed E-state index contributed by atoms with van der Waals surface area (Å²) in [5.74, 6) is 2.08. The van der Waals surface area contributed by atoms with E-state index in [9.17, 15) is 4.39 Å². The average Bonchev–Trinajstić information content (AvgIpc) is 3.72. The summed E-state index contributed by atoms with van der Waals surface area (Å²) in [7, 11) is 0. The topological polar surface area (TPSA) is 63.4 Å². The number of rotatable bonds is 9. The molecule has 6 heteroatoms. The van der Waals surface area contributed by atoms with Gasteiger partial charge in [-0.2, -0.15) is 0 Å². The Morgan fingerprint density at radius 2 is 0.891 bits per heavy atom. The molecule has 1 aliphatic rings. The number of fused-ring (bicyclic) bond motifs is 3. The van der Waals surface area contributed by atoms with E-state index in [1.165, 1.54) is 39.9 Å². The van der Waals surface area contributed by atoms with Crippen LogP contribution in [0.1, 0.15) is 40.3 Å². The van der Waals surface area contributed by atoms with Gasteiger partial charge < -0.3 is 0 Å². The maximum absolute atomic E-state index is 13.9. The zero-order chi connectivity index (χ0) is 43.6. The summed E-state index contributed by atoms with van der Waals surface area (Å²) >= 11 is 0. The van der Waals surface area contributed by atoms with E-state index >= 15 is 0 Å². The van der Waals surface area contributed by atoms with E-state index in [2.05, 4.69) is 123 Å². The molecule has 306 valence electrons. The quantitative estimate of drug-likeness (QED) is 0.108. The lowest BCUT2D eigenvalue weighted by molar-refractivity contribution is 0.628. The van der Waals surface area contributed by atoms with E-state index in [4.69, 9.17) is 24.9 Å². The summed E-state index contributed by atoms with van der Waals surface area (Å²) in [5.41, 5.74) is 17.6. The molecular weight excluding hydrogens is 786 g/mol. The molecule has 0 atom stereocenters. The second-order valence-corrected chi connectivity index (χ2v) is 16.1. The number of halogens is 1. The molecule has 0 N–H and O–H groups in total. The molecule has 0 bridgehead atoms. The van der Waals surface area contributed by atoms with Crippen molar-refractivity contribution in [1.82, 2.24) is 15.0 Å². The molecule has 9 aromatic rings. The van der Waals surface area contributed by atoms with Crippen LogP contribution >= 0.6 is 0 Å². The largest absolute Gasteiger partial charge is 0.233 e. The lowest BCUT2D eigenvalue weighted by atomic mass is 9.95. The standard InChI is InChI=1S/C58H42FN5/c1-37-14-16-45(17-15-37)57-62-56(44-12-8-5-9-13-44)63-58(64-57)46-24-22-43(23-25-46)49-27-29-51-34-50-28-26-48(35-53(50)54(51)36-49)42-20-18-41(19-21-42)39(3)61-55(47-30-32-52(59)33-31-47)60-38(2)40-10-6-4-7-11-40/h4-33,35-36H,2,34H2,1,3H3. The first-order valence-corrected chi connectivity index (χ1v) is 21.3. The van der Waals surface area contributed by atoms with Crippen LogP contribution in [0.4, 0.5) is 4.39 Å². The number of amidine groups is 1. The fraction of sp³-hybridized carbons (Fsp3) is 0.0517. The number of benzene rings is 8. The molecule has 0 fully saturated rings. The number of hydrogen-bond donors (Lipinski definition) is 0. The predicted octanol–water partition coefficient (Wildman–Crippen LogP) is 14.2. The molecule has 1 heterocycles. The Bertz CT molecular complexity index is 3230. The van der Waals surface area contributed by atoms with E-state index in [1.54, 1.807) is 12.1 Å². The van der Waals surface area contributed by atoms with Crippen molar-refractivity contribution >= 4 is 17.2 Å². The number of aliphatic imine (C=N–C) groups is 2. The Hall–Kier alpha value is -8.22. The van der Waals surface area contributed by atoms with E-state index in [1.807, 2.05) is 67.6 Å². The van der Waals surface area contributed by atoms with Crippen LogP contribution in [0.3, 0.4) is 0 Å². The minimum absolute atomic E-state index is 0.314. The van der Waals surface area contributed by atoms with Crippen LogP contribution in [0.15, 0.2) is 211 Å². The molecule has 5 nitrogen and oxygen atoms in total. The monoisotopic (exact) mass is 827 g/mol. The summed E-state index contributed by atoms with van der Waals surface area (Å²) < 4.78 is 13.9. The summed E-state index contributed by atoms with van der Waals surface area (Å²) in [4.78, 5) is 24.5. The third-order valence-corrected chi connectivity index (χ3v) is 11.7. The van der Waals surface area contributed by atoms with Gasteiger partial charge in [0.05, 0.1) is 5.70 Å². The van der Waals surface area contributed by atoms with Crippen LogP contribution in [0.25, 0.3) is 73.2 Å². The molecule has 0 amide bonds. The number of aryl methyl sites for hydroxylation is 1. The van der Waals surface area contributed by atoms with Gasteiger partial charge in [0.25, 0.3) is 0 Å².